The number of pyridine rings is 1. The first-order valence-electron chi connectivity index (χ1n) is 7.84. The Labute approximate surface area is 157 Å². The maximum atomic E-state index is 13.7. The average molecular weight is 395 g/mol. The summed E-state index contributed by atoms with van der Waals surface area (Å²) in [5, 5.41) is 6.20. The number of benzene rings is 1. The molecule has 0 saturated heterocycles. The van der Waals surface area contributed by atoms with Crippen LogP contribution in [0, 0.1) is 13.8 Å². The molecular weight excluding hydrogens is 381 g/mol. The number of rotatable bonds is 3. The third-order valence-electron chi connectivity index (χ3n) is 4.07. The second-order valence-corrected chi connectivity index (χ2v) is 6.23. The number of alkyl halides is 3. The zero-order valence-electron chi connectivity index (χ0n) is 14.3. The minimum absolute atomic E-state index is 0.0208. The van der Waals surface area contributed by atoms with Crippen LogP contribution in [0.1, 0.15) is 27.2 Å². The van der Waals surface area contributed by atoms with E-state index in [-0.39, 0.29) is 10.8 Å². The first kappa shape index (κ1) is 18.9. The van der Waals surface area contributed by atoms with Crippen molar-refractivity contribution >= 4 is 23.2 Å². The number of aryl methyl sites for hydroxylation is 1. The second kappa shape index (κ2) is 7.03. The molecule has 1 aromatic carbocycles. The van der Waals surface area contributed by atoms with Gasteiger partial charge in [-0.1, -0.05) is 23.7 Å². The molecule has 0 spiro atoms. The highest BCUT2D eigenvalue weighted by atomic mass is 35.5. The summed E-state index contributed by atoms with van der Waals surface area (Å²) in [6.45, 7) is 3.61. The molecule has 3 rings (SSSR count). The van der Waals surface area contributed by atoms with Crippen LogP contribution in [0.5, 0.6) is 0 Å². The molecule has 0 aliphatic heterocycles. The van der Waals surface area contributed by atoms with Crippen molar-refractivity contribution < 1.29 is 18.0 Å². The third kappa shape index (κ3) is 3.66. The van der Waals surface area contributed by atoms with Gasteiger partial charge in [-0.05, 0) is 43.2 Å². The molecule has 0 saturated carbocycles. The van der Waals surface area contributed by atoms with Gasteiger partial charge in [-0.3, -0.25) is 4.79 Å². The minimum Gasteiger partial charge on any atom is -0.322 e. The van der Waals surface area contributed by atoms with Crippen molar-refractivity contribution in [3.05, 3.63) is 70.1 Å². The number of hydrogen-bond acceptors (Lipinski definition) is 3. The van der Waals surface area contributed by atoms with E-state index in [2.05, 4.69) is 15.4 Å². The van der Waals surface area contributed by atoms with E-state index in [0.29, 0.717) is 10.4 Å². The third-order valence-corrected chi connectivity index (χ3v) is 4.37. The fraction of sp³-hybridized carbons (Fsp3) is 0.167. The van der Waals surface area contributed by atoms with Gasteiger partial charge in [0, 0.05) is 11.9 Å². The average Bonchev–Trinajstić information content (AvgIpc) is 3.05. The standard InChI is InChI=1S/C18H14ClF3N4O/c1-10-5-3-7-14(11(10)2)25-17(27)12-9-24-26(15(12)18(20,21)22)16-13(19)6-4-8-23-16/h3-9H,1-2H3,(H,25,27). The maximum absolute atomic E-state index is 13.7. The molecule has 0 unspecified atom stereocenters. The second-order valence-electron chi connectivity index (χ2n) is 5.83. The molecule has 2 heterocycles. The Balaban J connectivity index is 2.07. The Bertz CT molecular complexity index is 1010. The van der Waals surface area contributed by atoms with Gasteiger partial charge in [0.05, 0.1) is 16.8 Å². The Morgan fingerprint density at radius 1 is 1.19 bits per heavy atom. The Kier molecular flexibility index (Phi) is 4.93. The lowest BCUT2D eigenvalue weighted by molar-refractivity contribution is -0.143. The molecule has 2 aromatic heterocycles. The summed E-state index contributed by atoms with van der Waals surface area (Å²) >= 11 is 5.95. The van der Waals surface area contributed by atoms with Gasteiger partial charge in [-0.2, -0.15) is 18.3 Å². The van der Waals surface area contributed by atoms with Gasteiger partial charge in [-0.25, -0.2) is 9.67 Å². The van der Waals surface area contributed by atoms with Gasteiger partial charge < -0.3 is 5.32 Å². The van der Waals surface area contributed by atoms with Gasteiger partial charge in [0.1, 0.15) is 0 Å². The van der Waals surface area contributed by atoms with Gasteiger partial charge in [0.25, 0.3) is 5.91 Å². The lowest BCUT2D eigenvalue weighted by Gasteiger charge is -2.14. The van der Waals surface area contributed by atoms with Crippen molar-refractivity contribution in [1.29, 1.82) is 0 Å². The largest absolute Gasteiger partial charge is 0.434 e. The first-order valence-corrected chi connectivity index (χ1v) is 8.21. The summed E-state index contributed by atoms with van der Waals surface area (Å²) < 4.78 is 41.6. The molecule has 5 nitrogen and oxygen atoms in total. The van der Waals surface area contributed by atoms with E-state index >= 15 is 0 Å². The molecule has 27 heavy (non-hydrogen) atoms. The molecule has 0 aliphatic carbocycles. The number of carbonyl (C=O) groups excluding carboxylic acids is 1. The van der Waals surface area contributed by atoms with E-state index in [1.54, 1.807) is 19.1 Å². The van der Waals surface area contributed by atoms with Crippen LogP contribution in [-0.2, 0) is 6.18 Å². The Morgan fingerprint density at radius 3 is 2.59 bits per heavy atom. The van der Waals surface area contributed by atoms with E-state index < -0.39 is 23.3 Å². The van der Waals surface area contributed by atoms with Crippen LogP contribution in [0.2, 0.25) is 5.02 Å². The minimum atomic E-state index is -4.84. The maximum Gasteiger partial charge on any atom is 0.434 e. The van der Waals surface area contributed by atoms with E-state index in [1.807, 2.05) is 13.0 Å². The van der Waals surface area contributed by atoms with Crippen molar-refractivity contribution in [2.75, 3.05) is 5.32 Å². The summed E-state index contributed by atoms with van der Waals surface area (Å²) in [5.41, 5.74) is 0.229. The summed E-state index contributed by atoms with van der Waals surface area (Å²) in [4.78, 5) is 16.4. The normalized spacial score (nSPS) is 11.5. The number of nitrogens with one attached hydrogen (secondary N) is 1. The van der Waals surface area contributed by atoms with Gasteiger partial charge in [-0.15, -0.1) is 0 Å². The predicted molar refractivity (Wildman–Crippen MR) is 95.2 cm³/mol. The van der Waals surface area contributed by atoms with Crippen molar-refractivity contribution in [2.45, 2.75) is 20.0 Å². The van der Waals surface area contributed by atoms with Crippen molar-refractivity contribution in [2.24, 2.45) is 0 Å². The number of aromatic nitrogens is 3. The Hall–Kier alpha value is -2.87. The number of halogens is 4. The number of hydrogen-bond donors (Lipinski definition) is 1. The molecule has 0 bridgehead atoms. The molecule has 140 valence electrons. The van der Waals surface area contributed by atoms with Crippen LogP contribution < -0.4 is 5.32 Å². The van der Waals surface area contributed by atoms with Crippen LogP contribution in [0.15, 0.2) is 42.7 Å². The summed E-state index contributed by atoms with van der Waals surface area (Å²) in [7, 11) is 0. The van der Waals surface area contributed by atoms with Crippen LogP contribution in [-0.4, -0.2) is 20.7 Å². The van der Waals surface area contributed by atoms with E-state index in [4.69, 9.17) is 11.6 Å². The van der Waals surface area contributed by atoms with E-state index in [9.17, 15) is 18.0 Å². The van der Waals surface area contributed by atoms with Crippen LogP contribution in [0.4, 0.5) is 18.9 Å². The monoisotopic (exact) mass is 394 g/mol. The van der Waals surface area contributed by atoms with Gasteiger partial charge in [0.2, 0.25) is 0 Å². The fourth-order valence-corrected chi connectivity index (χ4v) is 2.76. The molecule has 1 amide bonds. The highest BCUT2D eigenvalue weighted by molar-refractivity contribution is 6.32. The zero-order valence-corrected chi connectivity index (χ0v) is 15.1. The molecule has 9 heteroatoms. The predicted octanol–water partition coefficient (Wildman–Crippen LogP) is 4.81. The van der Waals surface area contributed by atoms with Crippen LogP contribution >= 0.6 is 11.6 Å². The molecule has 0 aliphatic rings. The lowest BCUT2D eigenvalue weighted by atomic mass is 10.1. The van der Waals surface area contributed by atoms with E-state index in [0.717, 1.165) is 17.3 Å². The number of nitrogens with zero attached hydrogens (tertiary/aromatic N) is 3. The van der Waals surface area contributed by atoms with Gasteiger partial charge in [0.15, 0.2) is 11.5 Å². The smallest absolute Gasteiger partial charge is 0.322 e. The lowest BCUT2D eigenvalue weighted by Crippen LogP contribution is -2.21. The summed E-state index contributed by atoms with van der Waals surface area (Å²) in [6.07, 6.45) is -2.70. The number of anilines is 1. The molecule has 0 radical (unpaired) electrons. The SMILES string of the molecule is Cc1cccc(NC(=O)c2cnn(-c3ncccc3Cl)c2C(F)(F)F)c1C. The van der Waals surface area contributed by atoms with Crippen LogP contribution in [0.25, 0.3) is 5.82 Å². The van der Waals surface area contributed by atoms with Crippen LogP contribution in [0.3, 0.4) is 0 Å². The Morgan fingerprint density at radius 2 is 1.93 bits per heavy atom. The van der Waals surface area contributed by atoms with Crippen molar-refractivity contribution in [3.63, 3.8) is 0 Å². The first-order chi connectivity index (χ1) is 12.7. The molecule has 3 aromatic rings. The van der Waals surface area contributed by atoms with Crippen molar-refractivity contribution in [3.8, 4) is 5.82 Å². The summed E-state index contributed by atoms with van der Waals surface area (Å²) in [5.74, 6) is -1.13. The molecule has 0 atom stereocenters. The summed E-state index contributed by atoms with van der Waals surface area (Å²) in [6, 6.07) is 8.04. The molecule has 0 fully saturated rings. The number of amides is 1. The molecule has 1 N–H and O–H groups in total. The quantitative estimate of drug-likeness (QED) is 0.693. The fourth-order valence-electron chi connectivity index (χ4n) is 2.56. The van der Waals surface area contributed by atoms with Gasteiger partial charge >= 0.3 is 6.18 Å². The molecular formula is C18H14ClF3N4O. The highest BCUT2D eigenvalue weighted by Gasteiger charge is 2.41. The highest BCUT2D eigenvalue weighted by Crippen LogP contribution is 2.35. The topological polar surface area (TPSA) is 59.8 Å². The van der Waals surface area contributed by atoms with E-state index in [1.165, 1.54) is 18.3 Å². The number of carbonyl (C=O) groups is 1. The zero-order chi connectivity index (χ0) is 19.8. The van der Waals surface area contributed by atoms with Crippen molar-refractivity contribution in [1.82, 2.24) is 14.8 Å².